The van der Waals surface area contributed by atoms with E-state index >= 15 is 0 Å². The van der Waals surface area contributed by atoms with Crippen molar-refractivity contribution in [1.82, 2.24) is 14.8 Å². The van der Waals surface area contributed by atoms with Gasteiger partial charge in [0, 0.05) is 37.3 Å². The van der Waals surface area contributed by atoms with Gasteiger partial charge in [-0.1, -0.05) is 0 Å². The fourth-order valence-electron chi connectivity index (χ4n) is 2.93. The summed E-state index contributed by atoms with van der Waals surface area (Å²) in [6.45, 7) is 7.69. The van der Waals surface area contributed by atoms with Crippen molar-refractivity contribution < 1.29 is 18.7 Å². The second-order valence-corrected chi connectivity index (χ2v) is 7.53. The van der Waals surface area contributed by atoms with E-state index in [1.165, 1.54) is 6.26 Å². The van der Waals surface area contributed by atoms with Gasteiger partial charge in [-0.3, -0.25) is 4.79 Å². The first kappa shape index (κ1) is 18.9. The van der Waals surface area contributed by atoms with Gasteiger partial charge in [0.05, 0.1) is 6.20 Å². The fourth-order valence-corrected chi connectivity index (χ4v) is 2.93. The average molecular weight is 371 g/mol. The molecule has 7 heteroatoms. The Bertz CT molecular complexity index is 779. The Morgan fingerprint density at radius 1 is 1.04 bits per heavy atom. The van der Waals surface area contributed by atoms with E-state index in [9.17, 15) is 9.59 Å². The fraction of sp³-hybridized carbons (Fsp3) is 0.450. The van der Waals surface area contributed by atoms with Crippen molar-refractivity contribution in [1.29, 1.82) is 0 Å². The van der Waals surface area contributed by atoms with Gasteiger partial charge >= 0.3 is 6.09 Å². The van der Waals surface area contributed by atoms with Crippen molar-refractivity contribution in [2.45, 2.75) is 32.8 Å². The molecule has 1 aromatic heterocycles. The standard InChI is InChI=1S/C20H25N3O4/c1-20(2,3)27-19(25)23-11-4-10-22(12-13-23)18(24)16-7-5-15(6-8-16)17-21-9-14-26-17/h5-9,14H,4,10-13H2,1-3H3. The van der Waals surface area contributed by atoms with E-state index in [2.05, 4.69) is 4.98 Å². The van der Waals surface area contributed by atoms with Crippen LogP contribution in [0.15, 0.2) is 41.1 Å². The van der Waals surface area contributed by atoms with Gasteiger partial charge < -0.3 is 19.0 Å². The molecule has 2 heterocycles. The molecule has 1 saturated heterocycles. The molecule has 1 aliphatic rings. The molecule has 1 aromatic carbocycles. The van der Waals surface area contributed by atoms with E-state index < -0.39 is 5.60 Å². The minimum Gasteiger partial charge on any atom is -0.445 e. The lowest BCUT2D eigenvalue weighted by molar-refractivity contribution is 0.0255. The summed E-state index contributed by atoms with van der Waals surface area (Å²) in [6.07, 6.45) is 3.50. The molecule has 0 bridgehead atoms. The summed E-state index contributed by atoms with van der Waals surface area (Å²) in [5, 5.41) is 0. The monoisotopic (exact) mass is 371 g/mol. The predicted octanol–water partition coefficient (Wildman–Crippen LogP) is 3.42. The highest BCUT2D eigenvalue weighted by molar-refractivity contribution is 5.94. The summed E-state index contributed by atoms with van der Waals surface area (Å²) in [5.41, 5.74) is 0.906. The number of amides is 2. The summed E-state index contributed by atoms with van der Waals surface area (Å²) in [7, 11) is 0. The number of nitrogens with zero attached hydrogens (tertiary/aromatic N) is 3. The van der Waals surface area contributed by atoms with E-state index in [0.29, 0.717) is 37.6 Å². The third-order valence-corrected chi connectivity index (χ3v) is 4.25. The Labute approximate surface area is 158 Å². The topological polar surface area (TPSA) is 75.9 Å². The van der Waals surface area contributed by atoms with Crippen LogP contribution in [0.4, 0.5) is 4.79 Å². The number of oxazole rings is 1. The number of hydrogen-bond acceptors (Lipinski definition) is 5. The van der Waals surface area contributed by atoms with Gasteiger partial charge in [0.25, 0.3) is 5.91 Å². The number of aromatic nitrogens is 1. The second kappa shape index (κ2) is 7.82. The molecule has 2 amide bonds. The number of ether oxygens (including phenoxy) is 1. The van der Waals surface area contributed by atoms with Crippen molar-refractivity contribution in [3.8, 4) is 11.5 Å². The molecule has 0 saturated carbocycles. The highest BCUT2D eigenvalue weighted by Crippen LogP contribution is 2.19. The highest BCUT2D eigenvalue weighted by Gasteiger charge is 2.26. The molecule has 0 radical (unpaired) electrons. The predicted molar refractivity (Wildman–Crippen MR) is 100 cm³/mol. The number of hydrogen-bond donors (Lipinski definition) is 0. The first-order valence-electron chi connectivity index (χ1n) is 9.10. The maximum atomic E-state index is 12.8. The third kappa shape index (κ3) is 4.87. The van der Waals surface area contributed by atoms with Crippen LogP contribution in [0.5, 0.6) is 0 Å². The van der Waals surface area contributed by atoms with Crippen LogP contribution in [-0.4, -0.2) is 58.6 Å². The van der Waals surface area contributed by atoms with Crippen LogP contribution in [0.2, 0.25) is 0 Å². The summed E-state index contributed by atoms with van der Waals surface area (Å²) in [5.74, 6) is 0.483. The van der Waals surface area contributed by atoms with Crippen LogP contribution >= 0.6 is 0 Å². The van der Waals surface area contributed by atoms with Gasteiger partial charge in [-0.05, 0) is 51.5 Å². The van der Waals surface area contributed by atoms with Crippen molar-refractivity contribution in [2.24, 2.45) is 0 Å². The first-order valence-corrected chi connectivity index (χ1v) is 9.10. The number of rotatable bonds is 2. The van der Waals surface area contributed by atoms with Crippen LogP contribution in [0, 0.1) is 0 Å². The van der Waals surface area contributed by atoms with Crippen molar-refractivity contribution in [2.75, 3.05) is 26.2 Å². The van der Waals surface area contributed by atoms with Crippen LogP contribution in [0.25, 0.3) is 11.5 Å². The van der Waals surface area contributed by atoms with Crippen molar-refractivity contribution in [3.63, 3.8) is 0 Å². The zero-order valence-electron chi connectivity index (χ0n) is 16.0. The summed E-state index contributed by atoms with van der Waals surface area (Å²) < 4.78 is 10.7. The summed E-state index contributed by atoms with van der Waals surface area (Å²) in [6, 6.07) is 7.20. The molecule has 27 heavy (non-hydrogen) atoms. The average Bonchev–Trinajstić information content (AvgIpc) is 3.04. The smallest absolute Gasteiger partial charge is 0.410 e. The lowest BCUT2D eigenvalue weighted by Gasteiger charge is -2.26. The van der Waals surface area contributed by atoms with Gasteiger partial charge in [-0.2, -0.15) is 0 Å². The molecule has 2 aromatic rings. The van der Waals surface area contributed by atoms with Gasteiger partial charge in [0.2, 0.25) is 5.89 Å². The molecule has 0 N–H and O–H groups in total. The second-order valence-electron chi connectivity index (χ2n) is 7.53. The van der Waals surface area contributed by atoms with Crippen LogP contribution in [0.3, 0.4) is 0 Å². The van der Waals surface area contributed by atoms with E-state index in [0.717, 1.165) is 12.0 Å². The zero-order valence-corrected chi connectivity index (χ0v) is 16.0. The summed E-state index contributed by atoms with van der Waals surface area (Å²) >= 11 is 0. The molecule has 144 valence electrons. The minimum absolute atomic E-state index is 0.0417. The molecular weight excluding hydrogens is 346 g/mol. The van der Waals surface area contributed by atoms with Crippen LogP contribution in [0.1, 0.15) is 37.6 Å². The lowest BCUT2D eigenvalue weighted by atomic mass is 10.1. The van der Waals surface area contributed by atoms with Crippen LogP contribution < -0.4 is 0 Å². The summed E-state index contributed by atoms with van der Waals surface area (Å²) in [4.78, 5) is 32.6. The van der Waals surface area contributed by atoms with E-state index in [1.807, 2.05) is 32.9 Å². The maximum absolute atomic E-state index is 12.8. The Balaban J connectivity index is 1.61. The quantitative estimate of drug-likeness (QED) is 0.808. The minimum atomic E-state index is -0.524. The normalized spacial score (nSPS) is 15.4. The van der Waals surface area contributed by atoms with Gasteiger partial charge in [-0.25, -0.2) is 9.78 Å². The lowest BCUT2D eigenvalue weighted by Crippen LogP contribution is -2.40. The van der Waals surface area contributed by atoms with Crippen LogP contribution in [-0.2, 0) is 4.74 Å². The molecule has 0 atom stereocenters. The molecule has 1 fully saturated rings. The number of carbonyl (C=O) groups excluding carboxylic acids is 2. The zero-order chi connectivity index (χ0) is 19.4. The van der Waals surface area contributed by atoms with E-state index in [-0.39, 0.29) is 12.0 Å². The largest absolute Gasteiger partial charge is 0.445 e. The highest BCUT2D eigenvalue weighted by atomic mass is 16.6. The van der Waals surface area contributed by atoms with Crippen molar-refractivity contribution in [3.05, 3.63) is 42.3 Å². The molecule has 0 spiro atoms. The molecule has 7 nitrogen and oxygen atoms in total. The molecule has 0 aliphatic carbocycles. The number of carbonyl (C=O) groups is 2. The van der Waals surface area contributed by atoms with Gasteiger partial charge in [0.15, 0.2) is 0 Å². The number of benzene rings is 1. The Morgan fingerprint density at radius 2 is 1.70 bits per heavy atom. The molecule has 1 aliphatic heterocycles. The Hall–Kier alpha value is -2.83. The molecule has 3 rings (SSSR count). The van der Waals surface area contributed by atoms with E-state index in [4.69, 9.17) is 9.15 Å². The van der Waals surface area contributed by atoms with Gasteiger partial charge in [0.1, 0.15) is 11.9 Å². The van der Waals surface area contributed by atoms with Crippen molar-refractivity contribution >= 4 is 12.0 Å². The molecule has 0 unspecified atom stereocenters. The maximum Gasteiger partial charge on any atom is 0.410 e. The Morgan fingerprint density at radius 3 is 2.33 bits per heavy atom. The third-order valence-electron chi connectivity index (χ3n) is 4.25. The van der Waals surface area contributed by atoms with Gasteiger partial charge in [-0.15, -0.1) is 0 Å². The first-order chi connectivity index (χ1) is 12.8. The molecular formula is C20H25N3O4. The SMILES string of the molecule is CC(C)(C)OC(=O)N1CCCN(C(=O)c2ccc(-c3ncco3)cc2)CC1. The van der Waals surface area contributed by atoms with E-state index in [1.54, 1.807) is 28.1 Å². The Kier molecular flexibility index (Phi) is 5.48.